The van der Waals surface area contributed by atoms with E-state index in [1.807, 2.05) is 42.5 Å². The van der Waals surface area contributed by atoms with Crippen LogP contribution in [0.5, 0.6) is 0 Å². The van der Waals surface area contributed by atoms with Crippen LogP contribution in [0.25, 0.3) is 88.1 Å². The smallest absolute Gasteiger partial charge is 0.456 e. The van der Waals surface area contributed by atoms with Gasteiger partial charge in [0.1, 0.15) is 33.5 Å². The molecule has 0 spiro atoms. The third-order valence-electron chi connectivity index (χ3n) is 29.7. The molecule has 3 aromatic heterocycles. The van der Waals surface area contributed by atoms with E-state index in [-0.39, 0.29) is 66.6 Å². The number of anilines is 12. The van der Waals surface area contributed by atoms with Gasteiger partial charge in [-0.25, -0.2) is 0 Å². The highest BCUT2D eigenvalue weighted by Crippen LogP contribution is 2.53. The van der Waals surface area contributed by atoms with Crippen LogP contribution in [0.1, 0.15) is 211 Å². The fourth-order valence-corrected chi connectivity index (χ4v) is 22.1. The molecule has 718 valence electrons. The van der Waals surface area contributed by atoms with Gasteiger partial charge in [-0.15, -0.1) is 0 Å². The van der Waals surface area contributed by atoms with Gasteiger partial charge in [-0.05, 0) is 306 Å². The molecule has 1 unspecified atom stereocenters. The topological polar surface area (TPSA) is 92.8 Å². The summed E-state index contributed by atoms with van der Waals surface area (Å²) in [5, 5.41) is 26.3. The van der Waals surface area contributed by atoms with Crippen molar-refractivity contribution in [3.05, 3.63) is 364 Å². The molecule has 9 nitrogen and oxygen atoms in total. The van der Waals surface area contributed by atoms with Gasteiger partial charge in [-0.2, -0.15) is 9.90 Å². The molecule has 4 aliphatic rings. The summed E-state index contributed by atoms with van der Waals surface area (Å²) in [6.07, 6.45) is 0. The lowest BCUT2D eigenvalue weighted by Gasteiger charge is -2.45. The van der Waals surface area contributed by atoms with Crippen molar-refractivity contribution in [3.63, 3.8) is 0 Å². The van der Waals surface area contributed by atoms with Crippen molar-refractivity contribution in [2.24, 2.45) is 0 Å². The Kier molecular flexibility index (Phi) is 24.1. The SMILES string of the molecule is CC(C)(C)c1cc(N2c3ccc(-c4cccc5oc6ccccc6c45)cc3B3c4cc(-c5cccc6oc7ccccc7c56)ccc4N(c4cc(C(C)(C)C)cc(C(C)(C)C)c4)c4cccc2c43)cc(C(C)(C)C)c1.CC(C)(C)c1cc(N2c3ccc(Cl)cc3B3c4cc(Cl)ccc4N(c4cc(C(C)(C)C)cc(C(C)(C)C)c4)c4cccc2c43)cc(C(C)(C)C)c1.OB(O)c1cccc2oc3ccccc3c12.P. The van der Waals surface area contributed by atoms with Crippen molar-refractivity contribution >= 4 is 226 Å². The number of furan rings is 3. The molecule has 4 aliphatic heterocycles. The zero-order valence-corrected chi connectivity index (χ0v) is 90.0. The number of para-hydroxylation sites is 3. The van der Waals surface area contributed by atoms with Crippen molar-refractivity contribution in [2.45, 2.75) is 209 Å². The number of benzene rings is 16. The first-order valence-corrected chi connectivity index (χ1v) is 50.9. The molecule has 23 rings (SSSR count). The van der Waals surface area contributed by atoms with Crippen molar-refractivity contribution in [3.8, 4) is 22.3 Å². The van der Waals surface area contributed by atoms with Gasteiger partial charge >= 0.3 is 7.12 Å². The Morgan fingerprint density at radius 3 is 0.755 bits per heavy atom. The van der Waals surface area contributed by atoms with E-state index in [1.165, 1.54) is 123 Å². The second-order valence-electron chi connectivity index (χ2n) is 47.9. The first kappa shape index (κ1) is 97.7. The average Bonchev–Trinajstić information content (AvgIpc) is 1.68. The molecular weight excluding hydrogens is 1810 g/mol. The van der Waals surface area contributed by atoms with E-state index >= 15 is 0 Å². The van der Waals surface area contributed by atoms with Crippen LogP contribution in [-0.4, -0.2) is 30.6 Å². The van der Waals surface area contributed by atoms with Gasteiger partial charge in [0.2, 0.25) is 0 Å². The Morgan fingerprint density at radius 1 is 0.238 bits per heavy atom. The normalized spacial score (nSPS) is 13.6. The van der Waals surface area contributed by atoms with Crippen molar-refractivity contribution in [1.82, 2.24) is 0 Å². The minimum absolute atomic E-state index is 0. The Labute approximate surface area is 858 Å². The van der Waals surface area contributed by atoms with Gasteiger partial charge in [0.15, 0.2) is 0 Å². The monoisotopic (exact) mass is 1930 g/mol. The molecule has 0 amide bonds. The quantitative estimate of drug-likeness (QED) is 0.120. The van der Waals surface area contributed by atoms with Crippen LogP contribution in [0.3, 0.4) is 0 Å². The molecule has 2 N–H and O–H groups in total. The lowest BCUT2D eigenvalue weighted by Crippen LogP contribution is -2.61. The van der Waals surface area contributed by atoms with E-state index in [4.69, 9.17) is 36.5 Å². The lowest BCUT2D eigenvalue weighted by atomic mass is 9.33. The van der Waals surface area contributed by atoms with Gasteiger partial charge in [-0.3, -0.25) is 0 Å². The maximum Gasteiger partial charge on any atom is 0.489 e. The van der Waals surface area contributed by atoms with E-state index in [0.717, 1.165) is 115 Å². The Balaban J connectivity index is 0.000000157. The maximum absolute atomic E-state index is 9.31. The molecule has 0 fully saturated rings. The summed E-state index contributed by atoms with van der Waals surface area (Å²) >= 11 is 13.8. The highest BCUT2D eigenvalue weighted by Gasteiger charge is 2.48. The second kappa shape index (κ2) is 35.3. The Bertz CT molecular complexity index is 7790. The summed E-state index contributed by atoms with van der Waals surface area (Å²) < 4.78 is 18.7. The predicted octanol–water partition coefficient (Wildman–Crippen LogP) is 31.7. The molecule has 15 heteroatoms. The molecule has 19 aromatic rings. The van der Waals surface area contributed by atoms with Gasteiger partial charge < -0.3 is 42.9 Å². The van der Waals surface area contributed by atoms with Crippen LogP contribution in [-0.2, 0) is 43.3 Å². The lowest BCUT2D eigenvalue weighted by molar-refractivity contribution is 0.426. The highest BCUT2D eigenvalue weighted by atomic mass is 35.5. The maximum atomic E-state index is 9.31. The van der Waals surface area contributed by atoms with E-state index in [2.05, 4.69) is 441 Å². The van der Waals surface area contributed by atoms with Crippen molar-refractivity contribution in [1.29, 1.82) is 0 Å². The number of fused-ring (bicyclic) bond motifs is 17. The first-order valence-electron chi connectivity index (χ1n) is 50.2. The van der Waals surface area contributed by atoms with Gasteiger partial charge in [-0.1, -0.05) is 341 Å². The zero-order chi connectivity index (χ0) is 100. The molecule has 0 radical (unpaired) electrons. The highest BCUT2D eigenvalue weighted by molar-refractivity contribution is 7.01. The number of halogens is 2. The molecule has 0 aliphatic carbocycles. The predicted molar refractivity (Wildman–Crippen MR) is 621 cm³/mol. The van der Waals surface area contributed by atoms with E-state index in [9.17, 15) is 10.0 Å². The second-order valence-corrected chi connectivity index (χ2v) is 48.8. The first-order chi connectivity index (χ1) is 67.1. The third-order valence-corrected chi connectivity index (χ3v) is 30.1. The minimum atomic E-state index is -1.48. The van der Waals surface area contributed by atoms with E-state index in [1.54, 1.807) is 12.1 Å². The van der Waals surface area contributed by atoms with Gasteiger partial charge in [0, 0.05) is 111 Å². The molecule has 0 saturated heterocycles. The largest absolute Gasteiger partial charge is 0.489 e. The summed E-state index contributed by atoms with van der Waals surface area (Å²) in [6.45, 7) is 55.6. The summed E-state index contributed by atoms with van der Waals surface area (Å²) in [6, 6.07) is 113. The molecular formula is C128H128B3Cl2N4O5P. The van der Waals surface area contributed by atoms with E-state index in [0.29, 0.717) is 11.0 Å². The molecule has 7 heterocycles. The average molecular weight is 1940 g/mol. The summed E-state index contributed by atoms with van der Waals surface area (Å²) in [5.41, 5.74) is 41.8. The van der Waals surface area contributed by atoms with Crippen LogP contribution in [0.15, 0.2) is 323 Å². The number of hydrogen-bond donors (Lipinski definition) is 2. The fourth-order valence-electron chi connectivity index (χ4n) is 21.7. The number of hydrogen-bond acceptors (Lipinski definition) is 9. The van der Waals surface area contributed by atoms with E-state index < -0.39 is 7.12 Å². The molecule has 0 saturated carbocycles. The van der Waals surface area contributed by atoms with Crippen LogP contribution < -0.4 is 57.8 Å². The summed E-state index contributed by atoms with van der Waals surface area (Å²) in [7, 11) is -1.48. The minimum Gasteiger partial charge on any atom is -0.456 e. The van der Waals surface area contributed by atoms with Gasteiger partial charge in [0.05, 0.1) is 0 Å². The third kappa shape index (κ3) is 17.5. The van der Waals surface area contributed by atoms with Crippen LogP contribution in [0.4, 0.5) is 68.2 Å². The van der Waals surface area contributed by atoms with Crippen LogP contribution in [0.2, 0.25) is 10.0 Å². The molecule has 143 heavy (non-hydrogen) atoms. The number of rotatable bonds is 7. The molecule has 0 bridgehead atoms. The van der Waals surface area contributed by atoms with Crippen LogP contribution in [0, 0.1) is 0 Å². The summed E-state index contributed by atoms with van der Waals surface area (Å²) in [5.74, 6) is 0. The Morgan fingerprint density at radius 2 is 0.476 bits per heavy atom. The zero-order valence-electron chi connectivity index (χ0n) is 87.0. The molecule has 1 atom stereocenters. The van der Waals surface area contributed by atoms with Crippen LogP contribution >= 0.6 is 33.1 Å². The number of nitrogens with zero attached hydrogens (tertiary/aromatic N) is 4. The van der Waals surface area contributed by atoms with Gasteiger partial charge in [0.25, 0.3) is 13.4 Å². The fraction of sp³-hybridized carbons (Fsp3) is 0.250. The van der Waals surface area contributed by atoms with Crippen molar-refractivity contribution < 1.29 is 23.3 Å². The van der Waals surface area contributed by atoms with Crippen molar-refractivity contribution in [2.75, 3.05) is 19.6 Å². The standard InChI is InChI=1S/C70H65BN2O2.C46H51BCl2N2.C12H9BO3.H3P/c1-67(2,3)44-36-45(68(4,5)6)39-48(38-44)72-56-32-30-42(50-22-17-28-62-64(50)52-20-13-15-26-60(52)74-62)34-54(56)71-55-35-43(51-23-18-29-63-65(51)53-21-14-16-27-61(53)75-63)31-33-57(55)73(59-25-19-24-58(72)66(59)71)49-40-46(69(7,8)9)37-47(41-49)70(10,11)12;1-43(2,3)28-20-29(44(4,5)6)23-34(22-28)50-38-18-16-32(48)26-36(38)47-37-27-33(49)17-19-39(37)51(41-15-13-14-40(50)42(41)47)35-24-30(45(7,8)9)21-31(25-35)46(10,11)12;14-13(15)9-5-3-7-11-12(9)8-4-1-2-6-10(8)16-11;/h13-41H,1-12H3;13-27H,1-12H3;1-7,14-15H;1H3. The summed E-state index contributed by atoms with van der Waals surface area (Å²) in [4.78, 5) is 10.1. The Hall–Kier alpha value is -12.8. The molecule has 16 aromatic carbocycles.